The van der Waals surface area contributed by atoms with Crippen LogP contribution in [0.15, 0.2) is 48.5 Å². The number of hydrogen-bond donors (Lipinski definition) is 1. The molecule has 5 heteroatoms. The van der Waals surface area contributed by atoms with Crippen molar-refractivity contribution in [3.05, 3.63) is 59.7 Å². The number of nitrogen functional groups attached to an aromatic ring is 1. The summed E-state index contributed by atoms with van der Waals surface area (Å²) in [4.78, 5) is 14.5. The Kier molecular flexibility index (Phi) is 7.99. The van der Waals surface area contributed by atoms with Crippen molar-refractivity contribution in [3.8, 4) is 5.75 Å². The number of aryl methyl sites for hydroxylation is 1. The minimum atomic E-state index is 0. The molecule has 1 fully saturated rings. The minimum Gasteiger partial charge on any atom is -0.494 e. The third-order valence-electron chi connectivity index (χ3n) is 5.11. The zero-order valence-corrected chi connectivity index (χ0v) is 16.7. The third-order valence-corrected chi connectivity index (χ3v) is 5.11. The molecule has 1 aliphatic rings. The first-order chi connectivity index (χ1) is 12.7. The molecule has 1 aliphatic heterocycles. The lowest BCUT2D eigenvalue weighted by molar-refractivity contribution is 0.0687. The molecule has 2 aromatic rings. The van der Waals surface area contributed by atoms with E-state index < -0.39 is 0 Å². The van der Waals surface area contributed by atoms with E-state index in [0.29, 0.717) is 23.8 Å². The molecular weight excluding hydrogens is 360 g/mol. The van der Waals surface area contributed by atoms with Crippen LogP contribution in [0.1, 0.15) is 42.1 Å². The molecule has 1 saturated heterocycles. The molecule has 27 heavy (non-hydrogen) atoms. The minimum absolute atomic E-state index is 0. The quantitative estimate of drug-likeness (QED) is 0.737. The fourth-order valence-electron chi connectivity index (χ4n) is 3.57. The topological polar surface area (TPSA) is 55.6 Å². The second-order valence-corrected chi connectivity index (χ2v) is 6.98. The van der Waals surface area contributed by atoms with Gasteiger partial charge in [0.15, 0.2) is 0 Å². The summed E-state index contributed by atoms with van der Waals surface area (Å²) in [5.41, 5.74) is 8.48. The number of rotatable bonds is 6. The Bertz CT molecular complexity index is 725. The lowest BCUT2D eigenvalue weighted by atomic mass is 9.90. The molecular formula is C22H29ClN2O2. The van der Waals surface area contributed by atoms with Crippen molar-refractivity contribution < 1.29 is 9.53 Å². The van der Waals surface area contributed by atoms with Gasteiger partial charge in [-0.1, -0.05) is 18.2 Å². The molecule has 3 rings (SSSR count). The Morgan fingerprint density at radius 3 is 2.48 bits per heavy atom. The summed E-state index contributed by atoms with van der Waals surface area (Å²) in [5.74, 6) is 1.72. The van der Waals surface area contributed by atoms with Crippen molar-refractivity contribution in [2.45, 2.75) is 32.6 Å². The highest BCUT2D eigenvalue weighted by Gasteiger charge is 2.23. The number of carbonyl (C=O) groups is 1. The third kappa shape index (κ3) is 5.90. The normalized spacial score (nSPS) is 14.5. The van der Waals surface area contributed by atoms with Gasteiger partial charge < -0.3 is 15.4 Å². The van der Waals surface area contributed by atoms with Crippen molar-refractivity contribution in [1.29, 1.82) is 0 Å². The Morgan fingerprint density at radius 2 is 1.85 bits per heavy atom. The van der Waals surface area contributed by atoms with E-state index in [0.717, 1.165) is 38.1 Å². The van der Waals surface area contributed by atoms with Gasteiger partial charge in [-0.05, 0) is 74.4 Å². The maximum absolute atomic E-state index is 12.6. The van der Waals surface area contributed by atoms with Gasteiger partial charge in [0.25, 0.3) is 5.91 Å². The Hall–Kier alpha value is -2.20. The van der Waals surface area contributed by atoms with E-state index in [4.69, 9.17) is 10.5 Å². The molecule has 0 saturated carbocycles. The number of piperidine rings is 1. The number of carbonyl (C=O) groups excluding carboxylic acids is 1. The number of ether oxygens (including phenoxy) is 1. The number of anilines is 1. The monoisotopic (exact) mass is 388 g/mol. The van der Waals surface area contributed by atoms with Gasteiger partial charge in [0.05, 0.1) is 6.61 Å². The van der Waals surface area contributed by atoms with Crippen molar-refractivity contribution >= 4 is 24.0 Å². The van der Waals surface area contributed by atoms with Crippen molar-refractivity contribution in [2.24, 2.45) is 5.92 Å². The number of benzene rings is 2. The van der Waals surface area contributed by atoms with E-state index in [9.17, 15) is 4.79 Å². The summed E-state index contributed by atoms with van der Waals surface area (Å²) in [7, 11) is 0. The second kappa shape index (κ2) is 10.2. The zero-order chi connectivity index (χ0) is 18.4. The second-order valence-electron chi connectivity index (χ2n) is 6.98. The van der Waals surface area contributed by atoms with E-state index in [-0.39, 0.29) is 18.3 Å². The fraction of sp³-hybridized carbons (Fsp3) is 0.409. The van der Waals surface area contributed by atoms with Gasteiger partial charge in [0.1, 0.15) is 5.75 Å². The summed E-state index contributed by atoms with van der Waals surface area (Å²) in [6, 6.07) is 15.7. The molecule has 0 radical (unpaired) electrons. The van der Waals surface area contributed by atoms with Crippen LogP contribution in [0, 0.1) is 5.92 Å². The summed E-state index contributed by atoms with van der Waals surface area (Å²) in [6.45, 7) is 4.37. The maximum Gasteiger partial charge on any atom is 0.253 e. The van der Waals surface area contributed by atoms with Crippen molar-refractivity contribution in [2.75, 3.05) is 25.4 Å². The number of nitrogens with zero attached hydrogens (tertiary/aromatic N) is 1. The van der Waals surface area contributed by atoms with Crippen LogP contribution in [0.3, 0.4) is 0 Å². The molecule has 146 valence electrons. The van der Waals surface area contributed by atoms with Crippen molar-refractivity contribution in [3.63, 3.8) is 0 Å². The van der Waals surface area contributed by atoms with Gasteiger partial charge >= 0.3 is 0 Å². The van der Waals surface area contributed by atoms with E-state index >= 15 is 0 Å². The molecule has 2 aromatic carbocycles. The van der Waals surface area contributed by atoms with Gasteiger partial charge in [-0.25, -0.2) is 0 Å². The number of likely N-dealkylation sites (tertiary alicyclic amines) is 1. The van der Waals surface area contributed by atoms with Gasteiger partial charge in [-0.15, -0.1) is 12.4 Å². The van der Waals surface area contributed by atoms with Crippen LogP contribution in [0.2, 0.25) is 0 Å². The molecule has 0 spiro atoms. The molecule has 0 bridgehead atoms. The van der Waals surface area contributed by atoms with Crippen LogP contribution < -0.4 is 10.5 Å². The van der Waals surface area contributed by atoms with Crippen LogP contribution in [-0.2, 0) is 6.42 Å². The summed E-state index contributed by atoms with van der Waals surface area (Å²) in [6.07, 6.45) is 4.41. The smallest absolute Gasteiger partial charge is 0.253 e. The first-order valence-corrected chi connectivity index (χ1v) is 9.52. The molecule has 0 unspecified atom stereocenters. The van der Waals surface area contributed by atoms with Crippen LogP contribution in [0.25, 0.3) is 0 Å². The summed E-state index contributed by atoms with van der Waals surface area (Å²) >= 11 is 0. The van der Waals surface area contributed by atoms with Crippen LogP contribution in [-0.4, -0.2) is 30.5 Å². The average molecular weight is 389 g/mol. The lowest BCUT2D eigenvalue weighted by Gasteiger charge is -2.32. The standard InChI is InChI=1S/C22H28N2O2.ClH/c1-2-26-21-10-8-17(9-11-21)6-7-18-12-14-24(15-13-18)22(25)19-4-3-5-20(23)16-19;/h3-5,8-11,16,18H,2,6-7,12-15,23H2,1H3;1H. The molecule has 1 amide bonds. The molecule has 2 N–H and O–H groups in total. The molecule has 4 nitrogen and oxygen atoms in total. The lowest BCUT2D eigenvalue weighted by Crippen LogP contribution is -2.38. The van der Waals surface area contributed by atoms with E-state index in [1.807, 2.05) is 42.2 Å². The highest BCUT2D eigenvalue weighted by atomic mass is 35.5. The van der Waals surface area contributed by atoms with E-state index in [2.05, 4.69) is 12.1 Å². The van der Waals surface area contributed by atoms with Gasteiger partial charge in [-0.3, -0.25) is 4.79 Å². The highest BCUT2D eigenvalue weighted by Crippen LogP contribution is 2.24. The van der Waals surface area contributed by atoms with Crippen LogP contribution >= 0.6 is 12.4 Å². The van der Waals surface area contributed by atoms with Crippen molar-refractivity contribution in [1.82, 2.24) is 4.90 Å². The number of amides is 1. The summed E-state index contributed by atoms with van der Waals surface area (Å²) in [5, 5.41) is 0. The van der Waals surface area contributed by atoms with Gasteiger partial charge in [0, 0.05) is 24.3 Å². The SMILES string of the molecule is CCOc1ccc(CCC2CCN(C(=O)c3cccc(N)c3)CC2)cc1.Cl. The molecule has 0 aliphatic carbocycles. The van der Waals surface area contributed by atoms with Gasteiger partial charge in [-0.2, -0.15) is 0 Å². The van der Waals surface area contributed by atoms with Crippen LogP contribution in [0.4, 0.5) is 5.69 Å². The van der Waals surface area contributed by atoms with Crippen LogP contribution in [0.5, 0.6) is 5.75 Å². The first-order valence-electron chi connectivity index (χ1n) is 9.52. The van der Waals surface area contributed by atoms with E-state index in [1.54, 1.807) is 6.07 Å². The molecule has 0 atom stereocenters. The fourth-order valence-corrected chi connectivity index (χ4v) is 3.57. The highest BCUT2D eigenvalue weighted by molar-refractivity contribution is 5.95. The Balaban J connectivity index is 0.00000261. The summed E-state index contributed by atoms with van der Waals surface area (Å²) < 4.78 is 5.49. The number of halogens is 1. The zero-order valence-electron chi connectivity index (χ0n) is 15.9. The largest absolute Gasteiger partial charge is 0.494 e. The number of hydrogen-bond acceptors (Lipinski definition) is 3. The molecule has 1 heterocycles. The average Bonchev–Trinajstić information content (AvgIpc) is 2.67. The Morgan fingerprint density at radius 1 is 1.15 bits per heavy atom. The number of nitrogens with two attached hydrogens (primary N) is 1. The Labute approximate surface area is 168 Å². The van der Waals surface area contributed by atoms with Gasteiger partial charge in [0.2, 0.25) is 0 Å². The predicted molar refractivity (Wildman–Crippen MR) is 113 cm³/mol. The molecule has 0 aromatic heterocycles. The van der Waals surface area contributed by atoms with E-state index in [1.165, 1.54) is 12.0 Å². The first kappa shape index (κ1) is 21.1. The predicted octanol–water partition coefficient (Wildman–Crippen LogP) is 4.57. The maximum atomic E-state index is 12.6.